The molecule has 0 amide bonds. The molecule has 0 unspecified atom stereocenters. The summed E-state index contributed by atoms with van der Waals surface area (Å²) in [7, 11) is 2.26. The number of rotatable bonds is 8. The van der Waals surface area contributed by atoms with Crippen molar-refractivity contribution in [3.63, 3.8) is 0 Å². The minimum Gasteiger partial charge on any atom is -1.00 e. The SMILES string of the molecule is CC[N+](C)(CC)CCCCCC(=O)O.[Cl-]. The van der Waals surface area contributed by atoms with Gasteiger partial charge in [0.05, 0.1) is 26.7 Å². The molecule has 0 radical (unpaired) electrons. The number of hydrogen-bond donors (Lipinski definition) is 1. The van der Waals surface area contributed by atoms with Crippen LogP contribution in [0.1, 0.15) is 39.5 Å². The summed E-state index contributed by atoms with van der Waals surface area (Å²) in [5.74, 6) is -0.673. The van der Waals surface area contributed by atoms with Crippen molar-refractivity contribution in [3.8, 4) is 0 Å². The average Bonchev–Trinajstić information content (AvgIpc) is 2.16. The Bertz CT molecular complexity index is 170. The zero-order chi connectivity index (χ0) is 11.0. The molecule has 1 N–H and O–H groups in total. The lowest BCUT2D eigenvalue weighted by molar-refractivity contribution is -0.906. The van der Waals surface area contributed by atoms with Crippen molar-refractivity contribution in [1.29, 1.82) is 0 Å². The maximum atomic E-state index is 10.3. The van der Waals surface area contributed by atoms with E-state index in [-0.39, 0.29) is 12.4 Å². The summed E-state index contributed by atoms with van der Waals surface area (Å²) < 4.78 is 1.10. The molecular weight excluding hydrogens is 214 g/mol. The number of halogens is 1. The van der Waals surface area contributed by atoms with Gasteiger partial charge in [-0.1, -0.05) is 0 Å². The second-order valence-electron chi connectivity index (χ2n) is 4.18. The van der Waals surface area contributed by atoms with E-state index in [2.05, 4.69) is 20.9 Å². The highest BCUT2D eigenvalue weighted by atomic mass is 35.5. The monoisotopic (exact) mass is 237 g/mol. The maximum Gasteiger partial charge on any atom is 0.303 e. The van der Waals surface area contributed by atoms with E-state index >= 15 is 0 Å². The first-order chi connectivity index (χ1) is 6.54. The Kier molecular flexibility index (Phi) is 10.3. The normalized spacial score (nSPS) is 10.9. The Balaban J connectivity index is 0. The van der Waals surface area contributed by atoms with E-state index in [1.54, 1.807) is 0 Å². The van der Waals surface area contributed by atoms with Gasteiger partial charge in [-0.15, -0.1) is 0 Å². The second kappa shape index (κ2) is 8.98. The van der Waals surface area contributed by atoms with Gasteiger partial charge in [0.15, 0.2) is 0 Å². The fourth-order valence-electron chi connectivity index (χ4n) is 1.49. The third-order valence-electron chi connectivity index (χ3n) is 3.12. The highest BCUT2D eigenvalue weighted by molar-refractivity contribution is 5.66. The van der Waals surface area contributed by atoms with E-state index in [1.165, 1.54) is 6.54 Å². The Labute approximate surface area is 99.5 Å². The van der Waals surface area contributed by atoms with E-state index in [0.29, 0.717) is 6.42 Å². The Morgan fingerprint density at radius 1 is 1.13 bits per heavy atom. The minimum absolute atomic E-state index is 0. The number of aliphatic carboxylic acids is 1. The number of carbonyl (C=O) groups is 1. The molecule has 0 aromatic rings. The van der Waals surface area contributed by atoms with E-state index < -0.39 is 5.97 Å². The van der Waals surface area contributed by atoms with Crippen molar-refractivity contribution in [2.45, 2.75) is 39.5 Å². The van der Waals surface area contributed by atoms with Gasteiger partial charge in [0.25, 0.3) is 0 Å². The topological polar surface area (TPSA) is 37.3 Å². The van der Waals surface area contributed by atoms with Gasteiger partial charge in [0.1, 0.15) is 0 Å². The Hall–Kier alpha value is -0.280. The molecular formula is C11H24ClNO2. The van der Waals surface area contributed by atoms with Crippen molar-refractivity contribution in [2.24, 2.45) is 0 Å². The molecule has 0 rings (SSSR count). The van der Waals surface area contributed by atoms with Crippen LogP contribution in [0.2, 0.25) is 0 Å². The number of nitrogens with zero attached hydrogens (tertiary/aromatic N) is 1. The van der Waals surface area contributed by atoms with Gasteiger partial charge in [-0.2, -0.15) is 0 Å². The van der Waals surface area contributed by atoms with Crippen LogP contribution >= 0.6 is 0 Å². The molecule has 4 heteroatoms. The van der Waals surface area contributed by atoms with Crippen LogP contribution in [0.5, 0.6) is 0 Å². The largest absolute Gasteiger partial charge is 1.00 e. The van der Waals surface area contributed by atoms with Gasteiger partial charge in [-0.3, -0.25) is 4.79 Å². The first-order valence-electron chi connectivity index (χ1n) is 5.59. The maximum absolute atomic E-state index is 10.3. The number of quaternary nitrogens is 1. The smallest absolute Gasteiger partial charge is 0.303 e. The molecule has 0 atom stereocenters. The number of carboxylic acids is 1. The fraction of sp³-hybridized carbons (Fsp3) is 0.909. The molecule has 92 valence electrons. The van der Waals surface area contributed by atoms with Gasteiger partial charge in [0.2, 0.25) is 0 Å². The first-order valence-corrected chi connectivity index (χ1v) is 5.59. The van der Waals surface area contributed by atoms with Crippen molar-refractivity contribution >= 4 is 5.97 Å². The van der Waals surface area contributed by atoms with Crippen LogP contribution in [0, 0.1) is 0 Å². The van der Waals surface area contributed by atoms with Crippen molar-refractivity contribution in [3.05, 3.63) is 0 Å². The Morgan fingerprint density at radius 3 is 2.07 bits per heavy atom. The third-order valence-corrected chi connectivity index (χ3v) is 3.12. The van der Waals surface area contributed by atoms with Gasteiger partial charge < -0.3 is 22.0 Å². The summed E-state index contributed by atoms with van der Waals surface area (Å²) in [6.07, 6.45) is 3.33. The van der Waals surface area contributed by atoms with Crippen LogP contribution in [0.4, 0.5) is 0 Å². The third kappa shape index (κ3) is 8.70. The minimum atomic E-state index is -0.673. The highest BCUT2D eigenvalue weighted by Gasteiger charge is 2.14. The zero-order valence-electron chi connectivity index (χ0n) is 10.1. The molecule has 0 heterocycles. The van der Waals surface area contributed by atoms with Crippen LogP contribution in [0.3, 0.4) is 0 Å². The summed E-state index contributed by atoms with van der Waals surface area (Å²) in [6, 6.07) is 0. The number of hydrogen-bond acceptors (Lipinski definition) is 1. The average molecular weight is 238 g/mol. The lowest BCUT2D eigenvalue weighted by atomic mass is 10.2. The molecule has 0 saturated heterocycles. The summed E-state index contributed by atoms with van der Waals surface area (Å²) in [5.41, 5.74) is 0. The summed E-state index contributed by atoms with van der Waals surface area (Å²) in [5, 5.41) is 8.46. The van der Waals surface area contributed by atoms with Gasteiger partial charge in [0, 0.05) is 6.42 Å². The summed E-state index contributed by atoms with van der Waals surface area (Å²) in [4.78, 5) is 10.3. The summed E-state index contributed by atoms with van der Waals surface area (Å²) >= 11 is 0. The quantitative estimate of drug-likeness (QED) is 0.440. The number of carboxylic acid groups (broad SMARTS) is 1. The van der Waals surface area contributed by atoms with Crippen LogP contribution < -0.4 is 12.4 Å². The van der Waals surface area contributed by atoms with Crippen molar-refractivity contribution in [2.75, 3.05) is 26.7 Å². The standard InChI is InChI=1S/C11H23NO2.ClH/c1-4-12(3,5-2)10-8-6-7-9-11(13)14;/h4-10H2,1-3H3;1H. The van der Waals surface area contributed by atoms with Crippen LogP contribution in [-0.4, -0.2) is 42.2 Å². The highest BCUT2D eigenvalue weighted by Crippen LogP contribution is 2.07. The van der Waals surface area contributed by atoms with E-state index in [4.69, 9.17) is 5.11 Å². The molecule has 0 spiro atoms. The van der Waals surface area contributed by atoms with E-state index in [0.717, 1.165) is 36.8 Å². The predicted molar refractivity (Wildman–Crippen MR) is 58.2 cm³/mol. The summed E-state index contributed by atoms with van der Waals surface area (Å²) in [6.45, 7) is 7.92. The van der Waals surface area contributed by atoms with Crippen LogP contribution in [0.15, 0.2) is 0 Å². The molecule has 0 aromatic carbocycles. The van der Waals surface area contributed by atoms with Gasteiger partial charge >= 0.3 is 5.97 Å². The predicted octanol–water partition coefficient (Wildman–Crippen LogP) is -0.878. The molecule has 0 aliphatic rings. The van der Waals surface area contributed by atoms with Crippen LogP contribution in [-0.2, 0) is 4.79 Å². The lowest BCUT2D eigenvalue weighted by Gasteiger charge is -2.32. The zero-order valence-corrected chi connectivity index (χ0v) is 10.9. The molecule has 0 bridgehead atoms. The van der Waals surface area contributed by atoms with Crippen LogP contribution in [0.25, 0.3) is 0 Å². The Morgan fingerprint density at radius 2 is 1.67 bits per heavy atom. The van der Waals surface area contributed by atoms with Gasteiger partial charge in [-0.25, -0.2) is 0 Å². The molecule has 0 fully saturated rings. The van der Waals surface area contributed by atoms with Crippen molar-refractivity contribution < 1.29 is 26.8 Å². The fourth-order valence-corrected chi connectivity index (χ4v) is 1.49. The molecule has 0 aromatic heterocycles. The molecule has 0 aliphatic carbocycles. The van der Waals surface area contributed by atoms with E-state index in [9.17, 15) is 4.79 Å². The lowest BCUT2D eigenvalue weighted by Crippen LogP contribution is -3.00. The van der Waals surface area contributed by atoms with E-state index in [1.807, 2.05) is 0 Å². The molecule has 15 heavy (non-hydrogen) atoms. The molecule has 3 nitrogen and oxygen atoms in total. The number of unbranched alkanes of at least 4 members (excludes halogenated alkanes) is 2. The molecule has 0 saturated carbocycles. The second-order valence-corrected chi connectivity index (χ2v) is 4.18. The molecule has 0 aliphatic heterocycles. The van der Waals surface area contributed by atoms with Gasteiger partial charge in [-0.05, 0) is 33.1 Å². The first kappa shape index (κ1) is 17.1. The van der Waals surface area contributed by atoms with Crippen molar-refractivity contribution in [1.82, 2.24) is 0 Å².